The molecule has 25 heavy (non-hydrogen) atoms. The summed E-state index contributed by atoms with van der Waals surface area (Å²) in [6, 6.07) is 9.63. The Balaban J connectivity index is 1.59. The van der Waals surface area contributed by atoms with Crippen molar-refractivity contribution in [1.29, 1.82) is 0 Å². The standard InChI is InChI=1S/C19H17F2NO3/c20-12-5-6-14(15(21)10-12)16(23)7-8-18(25)22-19-13-4-2-1-3-11(13)9-17(19)24/h1-6,10,17,19,24H,7-9H2,(H,22,25)/t17-,19+/m0/s1. The van der Waals surface area contributed by atoms with Gasteiger partial charge in [0.25, 0.3) is 0 Å². The first kappa shape index (κ1) is 17.2. The van der Waals surface area contributed by atoms with E-state index >= 15 is 0 Å². The maximum atomic E-state index is 13.6. The molecule has 0 aliphatic heterocycles. The number of Topliss-reactive ketones (excluding diaryl/α,β-unsaturated/α-hetero) is 1. The number of halogens is 2. The summed E-state index contributed by atoms with van der Waals surface area (Å²) in [5.74, 6) is -2.68. The number of aliphatic hydroxyl groups excluding tert-OH is 1. The minimum atomic E-state index is -0.939. The summed E-state index contributed by atoms with van der Waals surface area (Å²) in [6.45, 7) is 0. The number of fused-ring (bicyclic) bond motifs is 1. The summed E-state index contributed by atoms with van der Waals surface area (Å²) in [6.07, 6.45) is -0.590. The van der Waals surface area contributed by atoms with Gasteiger partial charge < -0.3 is 10.4 Å². The molecule has 2 aromatic carbocycles. The molecule has 2 N–H and O–H groups in total. The van der Waals surface area contributed by atoms with Crippen LogP contribution < -0.4 is 5.32 Å². The SMILES string of the molecule is O=C(CCC(=O)c1ccc(F)cc1F)N[C@@H]1c2ccccc2C[C@@H]1O. The minimum Gasteiger partial charge on any atom is -0.390 e. The minimum absolute atomic E-state index is 0.138. The topological polar surface area (TPSA) is 66.4 Å². The van der Waals surface area contributed by atoms with Crippen molar-refractivity contribution in [2.75, 3.05) is 0 Å². The van der Waals surface area contributed by atoms with Crippen molar-refractivity contribution in [1.82, 2.24) is 5.32 Å². The van der Waals surface area contributed by atoms with Crippen LogP contribution in [0.1, 0.15) is 40.4 Å². The molecular weight excluding hydrogens is 328 g/mol. The second-order valence-corrected chi connectivity index (χ2v) is 6.06. The monoisotopic (exact) mass is 345 g/mol. The van der Waals surface area contributed by atoms with Crippen LogP contribution >= 0.6 is 0 Å². The van der Waals surface area contributed by atoms with Gasteiger partial charge in [0, 0.05) is 25.3 Å². The van der Waals surface area contributed by atoms with Crippen LogP contribution in [0.5, 0.6) is 0 Å². The van der Waals surface area contributed by atoms with Crippen LogP contribution in [0.15, 0.2) is 42.5 Å². The average Bonchev–Trinajstić information content (AvgIpc) is 2.88. The highest BCUT2D eigenvalue weighted by atomic mass is 19.1. The summed E-state index contributed by atoms with van der Waals surface area (Å²) < 4.78 is 26.4. The van der Waals surface area contributed by atoms with Gasteiger partial charge in [0.2, 0.25) is 5.91 Å². The number of amides is 1. The smallest absolute Gasteiger partial charge is 0.221 e. The third-order valence-electron chi connectivity index (χ3n) is 4.33. The van der Waals surface area contributed by atoms with Crippen molar-refractivity contribution in [2.24, 2.45) is 0 Å². The fraction of sp³-hybridized carbons (Fsp3) is 0.263. The van der Waals surface area contributed by atoms with Crippen molar-refractivity contribution in [2.45, 2.75) is 31.4 Å². The van der Waals surface area contributed by atoms with E-state index in [9.17, 15) is 23.5 Å². The predicted octanol–water partition coefficient (Wildman–Crippen LogP) is 2.70. The molecular formula is C19H17F2NO3. The van der Waals surface area contributed by atoms with Gasteiger partial charge in [-0.15, -0.1) is 0 Å². The van der Waals surface area contributed by atoms with Gasteiger partial charge in [-0.1, -0.05) is 24.3 Å². The van der Waals surface area contributed by atoms with E-state index in [0.717, 1.165) is 23.3 Å². The summed E-state index contributed by atoms with van der Waals surface area (Å²) >= 11 is 0. The number of carbonyl (C=O) groups is 2. The zero-order valence-electron chi connectivity index (χ0n) is 13.3. The molecule has 3 rings (SSSR count). The van der Waals surface area contributed by atoms with E-state index in [0.29, 0.717) is 12.5 Å². The summed E-state index contributed by atoms with van der Waals surface area (Å²) in [5.41, 5.74) is 1.60. The van der Waals surface area contributed by atoms with Crippen molar-refractivity contribution in [3.05, 3.63) is 70.8 Å². The molecule has 2 atom stereocenters. The molecule has 1 aliphatic rings. The number of hydrogen-bond acceptors (Lipinski definition) is 3. The van der Waals surface area contributed by atoms with E-state index in [1.807, 2.05) is 24.3 Å². The zero-order valence-corrected chi connectivity index (χ0v) is 13.3. The molecule has 0 saturated heterocycles. The van der Waals surface area contributed by atoms with E-state index in [1.54, 1.807) is 0 Å². The molecule has 0 bridgehead atoms. The van der Waals surface area contributed by atoms with Gasteiger partial charge in [0.15, 0.2) is 5.78 Å². The number of nitrogens with one attached hydrogen (secondary N) is 1. The Morgan fingerprint density at radius 2 is 1.88 bits per heavy atom. The quantitative estimate of drug-likeness (QED) is 0.819. The highest BCUT2D eigenvalue weighted by Crippen LogP contribution is 2.31. The highest BCUT2D eigenvalue weighted by Gasteiger charge is 2.31. The molecule has 0 aromatic heterocycles. The highest BCUT2D eigenvalue weighted by molar-refractivity contribution is 5.98. The maximum Gasteiger partial charge on any atom is 0.221 e. The van der Waals surface area contributed by atoms with Crippen LogP contribution in [0.25, 0.3) is 0 Å². The lowest BCUT2D eigenvalue weighted by Crippen LogP contribution is -2.34. The van der Waals surface area contributed by atoms with E-state index in [-0.39, 0.29) is 18.4 Å². The third-order valence-corrected chi connectivity index (χ3v) is 4.33. The molecule has 4 nitrogen and oxygen atoms in total. The summed E-state index contributed by atoms with van der Waals surface area (Å²) in [4.78, 5) is 24.1. The fourth-order valence-corrected chi connectivity index (χ4v) is 3.07. The maximum absolute atomic E-state index is 13.6. The van der Waals surface area contributed by atoms with Crippen molar-refractivity contribution in [3.63, 3.8) is 0 Å². The van der Waals surface area contributed by atoms with Gasteiger partial charge in [0.1, 0.15) is 11.6 Å². The molecule has 0 radical (unpaired) electrons. The van der Waals surface area contributed by atoms with E-state index in [4.69, 9.17) is 0 Å². The molecule has 1 amide bonds. The van der Waals surface area contributed by atoms with E-state index in [2.05, 4.69) is 5.32 Å². The van der Waals surface area contributed by atoms with Crippen molar-refractivity contribution >= 4 is 11.7 Å². The molecule has 0 spiro atoms. The molecule has 0 saturated carbocycles. The van der Waals surface area contributed by atoms with Crippen molar-refractivity contribution < 1.29 is 23.5 Å². The first-order valence-electron chi connectivity index (χ1n) is 7.99. The fourth-order valence-electron chi connectivity index (χ4n) is 3.07. The van der Waals surface area contributed by atoms with Gasteiger partial charge >= 0.3 is 0 Å². The van der Waals surface area contributed by atoms with Crippen LogP contribution in [0.2, 0.25) is 0 Å². The molecule has 2 aromatic rings. The van der Waals surface area contributed by atoms with Gasteiger partial charge in [0.05, 0.1) is 17.7 Å². The Kier molecular flexibility index (Phi) is 4.90. The number of benzene rings is 2. The van der Waals surface area contributed by atoms with E-state index in [1.165, 1.54) is 0 Å². The molecule has 6 heteroatoms. The van der Waals surface area contributed by atoms with Gasteiger partial charge in [-0.25, -0.2) is 8.78 Å². The van der Waals surface area contributed by atoms with Gasteiger partial charge in [-0.05, 0) is 23.3 Å². The van der Waals surface area contributed by atoms with Gasteiger partial charge in [-0.2, -0.15) is 0 Å². The molecule has 0 heterocycles. The Bertz CT molecular complexity index is 822. The van der Waals surface area contributed by atoms with Crippen molar-refractivity contribution in [3.8, 4) is 0 Å². The Labute approximate surface area is 143 Å². The van der Waals surface area contributed by atoms with E-state index < -0.39 is 35.5 Å². The number of ketones is 1. The Morgan fingerprint density at radius 3 is 2.64 bits per heavy atom. The lowest BCUT2D eigenvalue weighted by Gasteiger charge is -2.17. The number of aliphatic hydroxyl groups is 1. The zero-order chi connectivity index (χ0) is 18.0. The normalized spacial score (nSPS) is 18.7. The number of hydrogen-bond donors (Lipinski definition) is 2. The van der Waals surface area contributed by atoms with Crippen LogP contribution in [-0.4, -0.2) is 22.9 Å². The second-order valence-electron chi connectivity index (χ2n) is 6.06. The Hall–Kier alpha value is -2.60. The van der Waals surface area contributed by atoms with Crippen LogP contribution in [0.3, 0.4) is 0 Å². The van der Waals surface area contributed by atoms with Crippen LogP contribution in [0, 0.1) is 11.6 Å². The molecule has 0 unspecified atom stereocenters. The lowest BCUT2D eigenvalue weighted by molar-refractivity contribution is -0.122. The number of rotatable bonds is 5. The summed E-state index contributed by atoms with van der Waals surface area (Å²) in [7, 11) is 0. The lowest BCUT2D eigenvalue weighted by atomic mass is 10.0. The first-order valence-corrected chi connectivity index (χ1v) is 7.99. The average molecular weight is 345 g/mol. The van der Waals surface area contributed by atoms with Gasteiger partial charge in [-0.3, -0.25) is 9.59 Å². The summed E-state index contributed by atoms with van der Waals surface area (Å²) in [5, 5.41) is 12.8. The predicted molar refractivity (Wildman–Crippen MR) is 87.0 cm³/mol. The third kappa shape index (κ3) is 3.74. The molecule has 130 valence electrons. The molecule has 1 aliphatic carbocycles. The van der Waals surface area contributed by atoms with Crippen LogP contribution in [-0.2, 0) is 11.2 Å². The molecule has 0 fully saturated rings. The Morgan fingerprint density at radius 1 is 1.12 bits per heavy atom. The largest absolute Gasteiger partial charge is 0.390 e. The number of carbonyl (C=O) groups excluding carboxylic acids is 2. The van der Waals surface area contributed by atoms with Crippen LogP contribution in [0.4, 0.5) is 8.78 Å². The second kappa shape index (κ2) is 7.11. The first-order chi connectivity index (χ1) is 12.0.